The van der Waals surface area contributed by atoms with Gasteiger partial charge in [-0.05, 0) is 75.4 Å². The summed E-state index contributed by atoms with van der Waals surface area (Å²) in [7, 11) is 2.25. The molecule has 0 aliphatic rings. The third-order valence-electron chi connectivity index (χ3n) is 4.95. The highest BCUT2D eigenvalue weighted by Gasteiger charge is 2.01. The molecule has 0 atom stereocenters. The topological polar surface area (TPSA) is 3.24 Å². The fourth-order valence-electron chi connectivity index (χ4n) is 3.31. The Morgan fingerprint density at radius 2 is 1.08 bits per heavy atom. The van der Waals surface area contributed by atoms with Crippen molar-refractivity contribution >= 4 is 0 Å². The van der Waals surface area contributed by atoms with E-state index in [0.717, 1.165) is 0 Å². The molecule has 0 spiro atoms. The van der Waals surface area contributed by atoms with Crippen LogP contribution < -0.4 is 0 Å². The van der Waals surface area contributed by atoms with E-state index in [4.69, 9.17) is 0 Å². The third-order valence-corrected chi connectivity index (χ3v) is 4.95. The number of aryl methyl sites for hydroxylation is 3. The van der Waals surface area contributed by atoms with Gasteiger partial charge in [0.05, 0.1) is 0 Å². The first kappa shape index (κ1) is 19.7. The standard InChI is InChI=1S/C24H35N/c1-3-4-6-11-23-16-18-24(19-17-23)15-10-21-25(2)20-9-14-22-12-7-5-8-13-22/h5,7-8,12-13,16-19H,3-4,6,9-11,14-15,20-21H2,1-2H3. The third kappa shape index (κ3) is 8.36. The second-order valence-corrected chi connectivity index (χ2v) is 7.27. The predicted octanol–water partition coefficient (Wildman–Crippen LogP) is 5.92. The van der Waals surface area contributed by atoms with E-state index in [1.54, 1.807) is 0 Å². The molecule has 2 rings (SSSR count). The molecule has 0 fully saturated rings. The van der Waals surface area contributed by atoms with E-state index < -0.39 is 0 Å². The lowest BCUT2D eigenvalue weighted by molar-refractivity contribution is 0.325. The van der Waals surface area contributed by atoms with Crippen molar-refractivity contribution in [3.05, 3.63) is 71.3 Å². The maximum absolute atomic E-state index is 2.47. The van der Waals surface area contributed by atoms with Crippen LogP contribution in [0.1, 0.15) is 55.7 Å². The molecular formula is C24H35N. The number of hydrogen-bond acceptors (Lipinski definition) is 1. The Hall–Kier alpha value is -1.60. The summed E-state index contributed by atoms with van der Waals surface area (Å²) in [4.78, 5) is 2.47. The van der Waals surface area contributed by atoms with Crippen molar-refractivity contribution in [1.29, 1.82) is 0 Å². The molecule has 0 radical (unpaired) electrons. The van der Waals surface area contributed by atoms with Crippen LogP contribution in [0.15, 0.2) is 54.6 Å². The molecule has 0 amide bonds. The van der Waals surface area contributed by atoms with Crippen molar-refractivity contribution in [2.24, 2.45) is 0 Å². The van der Waals surface area contributed by atoms with Crippen molar-refractivity contribution in [2.75, 3.05) is 20.1 Å². The normalized spacial score (nSPS) is 11.2. The summed E-state index contributed by atoms with van der Waals surface area (Å²) in [5, 5.41) is 0. The molecule has 0 saturated heterocycles. The maximum atomic E-state index is 2.47. The molecule has 1 heteroatoms. The molecule has 0 saturated carbocycles. The van der Waals surface area contributed by atoms with Gasteiger partial charge in [-0.1, -0.05) is 74.4 Å². The van der Waals surface area contributed by atoms with Gasteiger partial charge in [-0.15, -0.1) is 0 Å². The van der Waals surface area contributed by atoms with E-state index in [1.807, 2.05) is 0 Å². The zero-order chi connectivity index (χ0) is 17.7. The van der Waals surface area contributed by atoms with E-state index in [0.29, 0.717) is 0 Å². The number of rotatable bonds is 12. The highest BCUT2D eigenvalue weighted by atomic mass is 15.1. The summed E-state index contributed by atoms with van der Waals surface area (Å²) >= 11 is 0. The second kappa shape index (κ2) is 11.9. The second-order valence-electron chi connectivity index (χ2n) is 7.27. The summed E-state index contributed by atoms with van der Waals surface area (Å²) in [6, 6.07) is 20.1. The maximum Gasteiger partial charge on any atom is -0.00186 e. The summed E-state index contributed by atoms with van der Waals surface area (Å²) in [6.07, 6.45) is 10.1. The summed E-state index contributed by atoms with van der Waals surface area (Å²) in [5.74, 6) is 0. The van der Waals surface area contributed by atoms with Gasteiger partial charge in [-0.25, -0.2) is 0 Å². The van der Waals surface area contributed by atoms with Crippen LogP contribution in [0.25, 0.3) is 0 Å². The fourth-order valence-corrected chi connectivity index (χ4v) is 3.31. The van der Waals surface area contributed by atoms with Gasteiger partial charge in [-0.2, -0.15) is 0 Å². The molecule has 25 heavy (non-hydrogen) atoms. The SMILES string of the molecule is CCCCCc1ccc(CCCN(C)CCCc2ccccc2)cc1. The highest BCUT2D eigenvalue weighted by Crippen LogP contribution is 2.11. The Labute approximate surface area is 155 Å². The Morgan fingerprint density at radius 3 is 1.60 bits per heavy atom. The molecule has 2 aromatic rings. The molecule has 0 aromatic heterocycles. The molecule has 0 aliphatic heterocycles. The zero-order valence-corrected chi connectivity index (χ0v) is 16.2. The molecule has 0 bridgehead atoms. The molecular weight excluding hydrogens is 302 g/mol. The van der Waals surface area contributed by atoms with E-state index in [9.17, 15) is 0 Å². The minimum atomic E-state index is 1.19. The smallest absolute Gasteiger partial charge is 0.00186 e. The van der Waals surface area contributed by atoms with E-state index >= 15 is 0 Å². The lowest BCUT2D eigenvalue weighted by Crippen LogP contribution is -2.21. The van der Waals surface area contributed by atoms with Crippen LogP contribution in [-0.2, 0) is 19.3 Å². The molecule has 136 valence electrons. The largest absolute Gasteiger partial charge is 0.306 e. The van der Waals surface area contributed by atoms with Gasteiger partial charge < -0.3 is 4.90 Å². The summed E-state index contributed by atoms with van der Waals surface area (Å²) in [6.45, 7) is 4.64. The van der Waals surface area contributed by atoms with Gasteiger partial charge in [0.1, 0.15) is 0 Å². The quantitative estimate of drug-likeness (QED) is 0.435. The van der Waals surface area contributed by atoms with Gasteiger partial charge in [0, 0.05) is 0 Å². The van der Waals surface area contributed by atoms with Crippen LogP contribution in [0.2, 0.25) is 0 Å². The average molecular weight is 338 g/mol. The Kier molecular flexibility index (Phi) is 9.36. The molecule has 0 N–H and O–H groups in total. The molecule has 0 unspecified atom stereocenters. The van der Waals surface area contributed by atoms with Crippen LogP contribution in [0.5, 0.6) is 0 Å². The van der Waals surface area contributed by atoms with Crippen molar-refractivity contribution < 1.29 is 0 Å². The zero-order valence-electron chi connectivity index (χ0n) is 16.2. The first-order valence-corrected chi connectivity index (χ1v) is 10.1. The summed E-state index contributed by atoms with van der Waals surface area (Å²) < 4.78 is 0. The summed E-state index contributed by atoms with van der Waals surface area (Å²) in [5.41, 5.74) is 4.43. The number of benzene rings is 2. The van der Waals surface area contributed by atoms with E-state index in [1.165, 1.54) is 81.1 Å². The Morgan fingerprint density at radius 1 is 0.600 bits per heavy atom. The van der Waals surface area contributed by atoms with Gasteiger partial charge in [0.25, 0.3) is 0 Å². The van der Waals surface area contributed by atoms with Crippen LogP contribution in [0, 0.1) is 0 Å². The predicted molar refractivity (Wildman–Crippen MR) is 110 cm³/mol. The van der Waals surface area contributed by atoms with Crippen LogP contribution >= 0.6 is 0 Å². The average Bonchev–Trinajstić information content (AvgIpc) is 2.64. The van der Waals surface area contributed by atoms with E-state index in [-0.39, 0.29) is 0 Å². The van der Waals surface area contributed by atoms with E-state index in [2.05, 4.69) is 73.5 Å². The molecule has 0 heterocycles. The lowest BCUT2D eigenvalue weighted by Gasteiger charge is -2.16. The highest BCUT2D eigenvalue weighted by molar-refractivity contribution is 5.22. The first-order valence-electron chi connectivity index (χ1n) is 10.1. The van der Waals surface area contributed by atoms with Crippen molar-refractivity contribution in [3.8, 4) is 0 Å². The van der Waals surface area contributed by atoms with Crippen LogP contribution in [-0.4, -0.2) is 25.0 Å². The Balaban J connectivity index is 1.58. The number of nitrogens with zero attached hydrogens (tertiary/aromatic N) is 1. The minimum Gasteiger partial charge on any atom is -0.306 e. The lowest BCUT2D eigenvalue weighted by atomic mass is 10.0. The van der Waals surface area contributed by atoms with Crippen molar-refractivity contribution in [1.82, 2.24) is 4.90 Å². The van der Waals surface area contributed by atoms with Gasteiger partial charge >= 0.3 is 0 Å². The van der Waals surface area contributed by atoms with Gasteiger partial charge in [-0.3, -0.25) is 0 Å². The van der Waals surface area contributed by atoms with Crippen molar-refractivity contribution in [3.63, 3.8) is 0 Å². The molecule has 2 aromatic carbocycles. The van der Waals surface area contributed by atoms with Gasteiger partial charge in [0.2, 0.25) is 0 Å². The van der Waals surface area contributed by atoms with Crippen LogP contribution in [0.3, 0.4) is 0 Å². The monoisotopic (exact) mass is 337 g/mol. The molecule has 0 aliphatic carbocycles. The van der Waals surface area contributed by atoms with Crippen molar-refractivity contribution in [2.45, 2.75) is 58.3 Å². The Bertz CT molecular complexity index is 558. The minimum absolute atomic E-state index is 1.19. The van der Waals surface area contributed by atoms with Crippen LogP contribution in [0.4, 0.5) is 0 Å². The first-order chi connectivity index (χ1) is 12.3. The fraction of sp³-hybridized carbons (Fsp3) is 0.500. The number of unbranched alkanes of at least 4 members (excludes halogenated alkanes) is 2. The van der Waals surface area contributed by atoms with Gasteiger partial charge in [0.15, 0.2) is 0 Å². The molecule has 1 nitrogen and oxygen atoms in total. The number of hydrogen-bond donors (Lipinski definition) is 0.